The van der Waals surface area contributed by atoms with Gasteiger partial charge in [0.2, 0.25) is 5.91 Å². The predicted octanol–water partition coefficient (Wildman–Crippen LogP) is 1.90. The Morgan fingerprint density at radius 1 is 1.20 bits per heavy atom. The third-order valence-corrected chi connectivity index (χ3v) is 4.24. The minimum atomic E-state index is -0.792. The van der Waals surface area contributed by atoms with Crippen molar-refractivity contribution in [3.05, 3.63) is 54.1 Å². The number of hydrogen-bond donors (Lipinski definition) is 2. The largest absolute Gasteiger partial charge is 0.381 e. The molecule has 0 spiro atoms. The third-order valence-electron chi connectivity index (χ3n) is 4.24. The number of halogens is 2. The topological polar surface area (TPSA) is 82.2 Å². The van der Waals surface area contributed by atoms with Crippen molar-refractivity contribution in [2.45, 2.75) is 31.5 Å². The Morgan fingerprint density at radius 2 is 1.84 bits per heavy atom. The lowest BCUT2D eigenvalue weighted by molar-refractivity contribution is -0.129. The highest BCUT2D eigenvalue weighted by atomic mass is 35.5. The molecule has 2 heterocycles. The summed E-state index contributed by atoms with van der Waals surface area (Å²) in [7, 11) is 0. The van der Waals surface area contributed by atoms with E-state index in [-0.39, 0.29) is 30.7 Å². The lowest BCUT2D eigenvalue weighted by Crippen LogP contribution is -2.56. The van der Waals surface area contributed by atoms with Crippen LogP contribution in [0.1, 0.15) is 24.0 Å². The smallest absolute Gasteiger partial charge is 0.240 e. The molecule has 3 N–H and O–H groups in total. The summed E-state index contributed by atoms with van der Waals surface area (Å²) in [4.78, 5) is 16.3. The second kappa shape index (κ2) is 9.77. The molecule has 6 nitrogen and oxygen atoms in total. The predicted molar refractivity (Wildman–Crippen MR) is 101 cm³/mol. The Balaban J connectivity index is 0.00000156. The summed E-state index contributed by atoms with van der Waals surface area (Å²) in [6.45, 7) is 2.38. The molecule has 1 aromatic heterocycles. The molecule has 0 bridgehead atoms. The van der Waals surface area contributed by atoms with Crippen LogP contribution in [0.4, 0.5) is 0 Å². The first-order chi connectivity index (χ1) is 11.2. The van der Waals surface area contributed by atoms with Crippen molar-refractivity contribution in [3.63, 3.8) is 0 Å². The Bertz CT molecular complexity index is 641. The van der Waals surface area contributed by atoms with Crippen LogP contribution in [0, 0.1) is 0 Å². The summed E-state index contributed by atoms with van der Waals surface area (Å²) >= 11 is 0. The lowest BCUT2D eigenvalue weighted by atomic mass is 9.90. The van der Waals surface area contributed by atoms with Crippen molar-refractivity contribution in [1.82, 2.24) is 14.9 Å². The van der Waals surface area contributed by atoms with Gasteiger partial charge >= 0.3 is 0 Å². The van der Waals surface area contributed by atoms with E-state index in [1.807, 2.05) is 22.9 Å². The van der Waals surface area contributed by atoms with E-state index in [0.29, 0.717) is 32.6 Å². The number of benzene rings is 1. The molecule has 1 fully saturated rings. The molecule has 3 rings (SSSR count). The van der Waals surface area contributed by atoms with Crippen LogP contribution in [0.5, 0.6) is 0 Å². The first kappa shape index (κ1) is 21.4. The molecule has 1 saturated heterocycles. The van der Waals surface area contributed by atoms with Crippen molar-refractivity contribution < 1.29 is 9.53 Å². The van der Waals surface area contributed by atoms with Gasteiger partial charge in [-0.2, -0.15) is 0 Å². The number of nitrogens with two attached hydrogens (primary N) is 1. The lowest BCUT2D eigenvalue weighted by Gasteiger charge is -2.31. The fourth-order valence-corrected chi connectivity index (χ4v) is 2.67. The molecular weight excluding hydrogens is 363 g/mol. The summed E-state index contributed by atoms with van der Waals surface area (Å²) < 4.78 is 7.28. The molecule has 1 aliphatic rings. The fraction of sp³-hybridized carbons (Fsp3) is 0.412. The molecule has 0 aliphatic carbocycles. The summed E-state index contributed by atoms with van der Waals surface area (Å²) in [5.41, 5.74) is 7.62. The van der Waals surface area contributed by atoms with Gasteiger partial charge in [0.15, 0.2) is 0 Å². The summed E-state index contributed by atoms with van der Waals surface area (Å²) in [6.07, 6.45) is 6.64. The van der Waals surface area contributed by atoms with Crippen molar-refractivity contribution in [2.75, 3.05) is 13.2 Å². The summed E-state index contributed by atoms with van der Waals surface area (Å²) in [5, 5.41) is 2.94. The van der Waals surface area contributed by atoms with E-state index in [1.165, 1.54) is 5.56 Å². The van der Waals surface area contributed by atoms with Gasteiger partial charge in [-0.25, -0.2) is 4.98 Å². The molecule has 8 heteroatoms. The van der Waals surface area contributed by atoms with Crippen LogP contribution in [0.2, 0.25) is 0 Å². The van der Waals surface area contributed by atoms with Gasteiger partial charge < -0.3 is 20.4 Å². The number of carbonyl (C=O) groups excluding carboxylic acids is 1. The zero-order valence-electron chi connectivity index (χ0n) is 13.9. The number of aromatic nitrogens is 2. The maximum absolute atomic E-state index is 12.3. The van der Waals surface area contributed by atoms with Gasteiger partial charge in [-0.15, -0.1) is 24.8 Å². The minimum absolute atomic E-state index is 0. The molecule has 0 radical (unpaired) electrons. The van der Waals surface area contributed by atoms with E-state index in [4.69, 9.17) is 10.5 Å². The van der Waals surface area contributed by atoms with E-state index < -0.39 is 5.54 Å². The molecule has 1 amide bonds. The van der Waals surface area contributed by atoms with E-state index in [1.54, 1.807) is 12.5 Å². The fourth-order valence-electron chi connectivity index (χ4n) is 2.67. The zero-order chi connectivity index (χ0) is 16.1. The maximum atomic E-state index is 12.3. The number of rotatable bonds is 5. The average Bonchev–Trinajstić information content (AvgIpc) is 3.07. The van der Waals surface area contributed by atoms with Crippen molar-refractivity contribution in [3.8, 4) is 0 Å². The summed E-state index contributed by atoms with van der Waals surface area (Å²) in [5.74, 6) is -0.0942. The number of nitrogens with zero attached hydrogens (tertiary/aromatic N) is 2. The second-order valence-corrected chi connectivity index (χ2v) is 6.00. The number of amides is 1. The Labute approximate surface area is 160 Å². The van der Waals surface area contributed by atoms with E-state index >= 15 is 0 Å². The second-order valence-electron chi connectivity index (χ2n) is 6.00. The van der Waals surface area contributed by atoms with Gasteiger partial charge in [-0.3, -0.25) is 4.79 Å². The van der Waals surface area contributed by atoms with Crippen molar-refractivity contribution in [2.24, 2.45) is 5.73 Å². The van der Waals surface area contributed by atoms with Gasteiger partial charge in [-0.1, -0.05) is 24.3 Å². The van der Waals surface area contributed by atoms with Crippen LogP contribution in [-0.2, 0) is 22.6 Å². The molecule has 1 aromatic carbocycles. The number of carbonyl (C=O) groups is 1. The molecule has 1 aliphatic heterocycles. The summed E-state index contributed by atoms with van der Waals surface area (Å²) in [6, 6.07) is 8.18. The molecule has 0 unspecified atom stereocenters. The standard InChI is InChI=1S/C17H22N4O2.2ClH/c18-17(5-9-23-10-6-17)16(22)20-11-14-1-3-15(4-2-14)12-21-8-7-19-13-21;;/h1-4,7-8,13H,5-6,9-12,18H2,(H,20,22);2*1H. The van der Waals surface area contributed by atoms with Gasteiger partial charge in [-0.05, 0) is 24.0 Å². The minimum Gasteiger partial charge on any atom is -0.381 e. The zero-order valence-corrected chi connectivity index (χ0v) is 15.5. The molecular formula is C17H24Cl2N4O2. The van der Waals surface area contributed by atoms with Gasteiger partial charge in [0.05, 0.1) is 11.9 Å². The average molecular weight is 387 g/mol. The highest BCUT2D eigenvalue weighted by molar-refractivity contribution is 5.86. The van der Waals surface area contributed by atoms with Gasteiger partial charge in [0, 0.05) is 38.7 Å². The van der Waals surface area contributed by atoms with Crippen LogP contribution in [-0.4, -0.2) is 34.2 Å². The number of hydrogen-bond acceptors (Lipinski definition) is 4. The molecule has 0 saturated carbocycles. The Hall–Kier alpha value is -1.60. The van der Waals surface area contributed by atoms with Gasteiger partial charge in [0.1, 0.15) is 0 Å². The van der Waals surface area contributed by atoms with Crippen LogP contribution >= 0.6 is 24.8 Å². The SMILES string of the molecule is Cl.Cl.NC1(C(=O)NCc2ccc(Cn3ccnc3)cc2)CCOCC1. The monoisotopic (exact) mass is 386 g/mol. The molecule has 2 aromatic rings. The molecule has 138 valence electrons. The van der Waals surface area contributed by atoms with E-state index in [9.17, 15) is 4.79 Å². The van der Waals surface area contributed by atoms with Crippen molar-refractivity contribution in [1.29, 1.82) is 0 Å². The number of nitrogens with one attached hydrogen (secondary N) is 1. The van der Waals surface area contributed by atoms with Crippen LogP contribution in [0.25, 0.3) is 0 Å². The van der Waals surface area contributed by atoms with Crippen molar-refractivity contribution >= 4 is 30.7 Å². The molecule has 0 atom stereocenters. The van der Waals surface area contributed by atoms with Gasteiger partial charge in [0.25, 0.3) is 0 Å². The van der Waals surface area contributed by atoms with Crippen LogP contribution in [0.15, 0.2) is 43.0 Å². The number of imidazole rings is 1. The van der Waals surface area contributed by atoms with Crippen LogP contribution in [0.3, 0.4) is 0 Å². The third kappa shape index (κ3) is 5.71. The Kier molecular flexibility index (Phi) is 8.38. The molecule has 25 heavy (non-hydrogen) atoms. The maximum Gasteiger partial charge on any atom is 0.240 e. The first-order valence-corrected chi connectivity index (χ1v) is 7.84. The quantitative estimate of drug-likeness (QED) is 0.821. The van der Waals surface area contributed by atoms with E-state index in [0.717, 1.165) is 12.1 Å². The van der Waals surface area contributed by atoms with E-state index in [2.05, 4.69) is 22.4 Å². The highest BCUT2D eigenvalue weighted by Crippen LogP contribution is 2.18. The first-order valence-electron chi connectivity index (χ1n) is 7.84. The highest BCUT2D eigenvalue weighted by Gasteiger charge is 2.35. The Morgan fingerprint density at radius 3 is 2.44 bits per heavy atom. The normalized spacial score (nSPS) is 15.6. The van der Waals surface area contributed by atoms with Crippen LogP contribution < -0.4 is 11.1 Å². The number of ether oxygens (including phenoxy) is 1.